The first-order valence-electron chi connectivity index (χ1n) is 24.6. The smallest absolute Gasteiger partial charge is 0.416 e. The monoisotopic (exact) mass is 1060 g/mol. The molecule has 2 aromatic heterocycles. The number of aryl methyl sites for hydroxylation is 1. The molecule has 4 aliphatic rings. The van der Waals surface area contributed by atoms with E-state index >= 15 is 0 Å². The first kappa shape index (κ1) is 50.6. The van der Waals surface area contributed by atoms with Gasteiger partial charge in [-0.3, -0.25) is 29.8 Å². The molecule has 5 aromatic rings. The van der Waals surface area contributed by atoms with Crippen LogP contribution in [0.15, 0.2) is 65.5 Å². The number of ether oxygens (including phenoxy) is 1. The number of rotatable bonds is 14. The third-order valence-electron chi connectivity index (χ3n) is 14.7. The summed E-state index contributed by atoms with van der Waals surface area (Å²) in [5.41, 5.74) is 4.69. The first-order valence-corrected chi connectivity index (χ1v) is 28.0. The number of hydrogen-bond acceptors (Lipinski definition) is 14. The normalized spacial score (nSPS) is 19.3. The van der Waals surface area contributed by atoms with Crippen LogP contribution in [0.2, 0.25) is 0 Å². The second-order valence-corrected chi connectivity index (χ2v) is 23.5. The van der Waals surface area contributed by atoms with Crippen LogP contribution >= 0.6 is 23.1 Å². The Balaban J connectivity index is 0.752. The Hall–Kier alpha value is -5.36. The SMILES string of the molecule is CCc1cc(Nc2ncc(Br)c(Nc3ccc4nccnc4c3P(C)(C)=O)n2)c(OC)cc1N1CCC(N2CCN(CCC3CCN(c4ccc(C5CCC(=O)NC5=O)c(C(F)(F)F)c4)CC3)CC2)CC1. The molecule has 6 heterocycles. The summed E-state index contributed by atoms with van der Waals surface area (Å²) in [4.78, 5) is 52.1. The van der Waals surface area contributed by atoms with Crippen LogP contribution in [0.3, 0.4) is 0 Å². The average molecular weight is 1060 g/mol. The van der Waals surface area contributed by atoms with Crippen molar-refractivity contribution in [2.75, 3.05) is 99.8 Å². The molecule has 378 valence electrons. The number of aromatic nitrogens is 4. The van der Waals surface area contributed by atoms with E-state index in [1.807, 2.05) is 17.0 Å². The maximum Gasteiger partial charge on any atom is 0.416 e. The van der Waals surface area contributed by atoms with E-state index in [2.05, 4.69) is 80.6 Å². The third-order valence-corrected chi connectivity index (χ3v) is 16.8. The number of methoxy groups -OCH3 is 1. The highest BCUT2D eigenvalue weighted by Crippen LogP contribution is 2.43. The predicted molar refractivity (Wildman–Crippen MR) is 277 cm³/mol. The minimum Gasteiger partial charge on any atom is -0.494 e. The topological polar surface area (TPSA) is 161 Å². The van der Waals surface area contributed by atoms with E-state index in [0.29, 0.717) is 74.8 Å². The van der Waals surface area contributed by atoms with Crippen LogP contribution in [-0.4, -0.2) is 127 Å². The lowest BCUT2D eigenvalue weighted by Gasteiger charge is -2.44. The van der Waals surface area contributed by atoms with Gasteiger partial charge in [-0.25, -0.2) is 4.98 Å². The molecular formula is C51H62BrF3N11O4P. The summed E-state index contributed by atoms with van der Waals surface area (Å²) in [5.74, 6) is -0.0329. The third kappa shape index (κ3) is 11.5. The summed E-state index contributed by atoms with van der Waals surface area (Å²) in [7, 11) is -1.11. The van der Waals surface area contributed by atoms with Crippen molar-refractivity contribution in [2.24, 2.45) is 5.92 Å². The van der Waals surface area contributed by atoms with E-state index in [-0.39, 0.29) is 18.4 Å². The number of amides is 2. The van der Waals surface area contributed by atoms with Gasteiger partial charge in [0.05, 0.1) is 45.3 Å². The maximum absolute atomic E-state index is 14.3. The van der Waals surface area contributed by atoms with Crippen molar-refractivity contribution in [1.82, 2.24) is 35.1 Å². The summed E-state index contributed by atoms with van der Waals surface area (Å²) >= 11 is 3.60. The van der Waals surface area contributed by atoms with E-state index in [9.17, 15) is 27.3 Å². The number of fused-ring (bicyclic) bond motifs is 1. The molecule has 2 amide bonds. The van der Waals surface area contributed by atoms with E-state index in [4.69, 9.17) is 9.72 Å². The molecule has 15 nitrogen and oxygen atoms in total. The molecule has 3 N–H and O–H groups in total. The number of carbonyl (C=O) groups excluding carboxylic acids is 2. The number of benzene rings is 3. The van der Waals surface area contributed by atoms with Gasteiger partial charge < -0.3 is 34.6 Å². The molecule has 1 atom stereocenters. The molecule has 0 bridgehead atoms. The number of piperidine rings is 3. The van der Waals surface area contributed by atoms with Crippen molar-refractivity contribution < 1.29 is 32.1 Å². The highest BCUT2D eigenvalue weighted by Gasteiger charge is 2.40. The van der Waals surface area contributed by atoms with Gasteiger partial charge >= 0.3 is 6.18 Å². The van der Waals surface area contributed by atoms with Crippen LogP contribution in [-0.2, 0) is 26.8 Å². The molecular weight excluding hydrogens is 999 g/mol. The second kappa shape index (κ2) is 21.4. The number of alkyl halides is 3. The number of carbonyl (C=O) groups is 2. The second-order valence-electron chi connectivity index (χ2n) is 19.5. The summed E-state index contributed by atoms with van der Waals surface area (Å²) in [6.45, 7) is 14.1. The summed E-state index contributed by atoms with van der Waals surface area (Å²) in [5, 5.41) is 9.58. The fourth-order valence-electron chi connectivity index (χ4n) is 10.8. The number of nitrogens with zero attached hydrogens (tertiary/aromatic N) is 8. The molecule has 3 aromatic carbocycles. The van der Waals surface area contributed by atoms with Crippen molar-refractivity contribution in [3.63, 3.8) is 0 Å². The molecule has 4 aliphatic heterocycles. The fraction of sp³-hybridized carbons (Fsp3) is 0.490. The van der Waals surface area contributed by atoms with Gasteiger partial charge in [-0.15, -0.1) is 0 Å². The van der Waals surface area contributed by atoms with Gasteiger partial charge in [0.25, 0.3) is 0 Å². The van der Waals surface area contributed by atoms with E-state index < -0.39 is 36.6 Å². The first-order chi connectivity index (χ1) is 34.1. The molecule has 71 heavy (non-hydrogen) atoms. The molecule has 4 fully saturated rings. The highest BCUT2D eigenvalue weighted by atomic mass is 79.9. The van der Waals surface area contributed by atoms with Gasteiger partial charge in [0, 0.05) is 101 Å². The van der Waals surface area contributed by atoms with E-state index in [0.717, 1.165) is 90.0 Å². The Morgan fingerprint density at radius 2 is 1.59 bits per heavy atom. The average Bonchev–Trinajstić information content (AvgIpc) is 3.36. The minimum absolute atomic E-state index is 0.0270. The van der Waals surface area contributed by atoms with Crippen LogP contribution < -0.4 is 35.8 Å². The number of nitrogens with one attached hydrogen (secondary N) is 3. The lowest BCUT2D eigenvalue weighted by molar-refractivity contribution is -0.139. The van der Waals surface area contributed by atoms with Crippen molar-refractivity contribution in [3.05, 3.63) is 82.2 Å². The molecule has 0 saturated carbocycles. The number of anilines is 6. The van der Waals surface area contributed by atoms with Crippen LogP contribution in [0, 0.1) is 5.92 Å². The lowest BCUT2D eigenvalue weighted by Crippen LogP contribution is -2.53. The number of imide groups is 1. The Morgan fingerprint density at radius 1 is 0.859 bits per heavy atom. The standard InChI is InChI=1S/C51H62BrF3N11O4P/c1-5-33-28-42(60-50-58-31-39(52)48(62-50)59-41-10-9-40-46(57-18-17-56-40)47(41)71(3,4)69)44(70-2)30-43(33)66-22-15-34(16-23-66)65-26-24-63(25-27-65)19-12-32-13-20-64(21-14-32)35-6-7-36(38(29-35)51(53,54)55)37-8-11-45(67)61-49(37)68/h6-7,9-10,17-18,28-32,34,37H,5,8,11-16,19-27H2,1-4H3,(H,61,67,68)(H2,58,59,60,62). The van der Waals surface area contributed by atoms with Gasteiger partial charge in [-0.05, 0) is 128 Å². The predicted octanol–water partition coefficient (Wildman–Crippen LogP) is 8.92. The Bertz CT molecular complexity index is 2810. The minimum atomic E-state index is -4.61. The molecule has 9 rings (SSSR count). The van der Waals surface area contributed by atoms with Crippen molar-refractivity contribution in [2.45, 2.75) is 76.4 Å². The molecule has 20 heteroatoms. The van der Waals surface area contributed by atoms with Crippen LogP contribution in [0.4, 0.5) is 47.7 Å². The summed E-state index contributed by atoms with van der Waals surface area (Å²) in [6.07, 6.45) is 6.30. The summed E-state index contributed by atoms with van der Waals surface area (Å²) in [6, 6.07) is 12.8. The zero-order chi connectivity index (χ0) is 50.0. The van der Waals surface area contributed by atoms with Crippen molar-refractivity contribution >= 4 is 85.7 Å². The molecule has 1 unspecified atom stereocenters. The van der Waals surface area contributed by atoms with Crippen molar-refractivity contribution in [1.29, 1.82) is 0 Å². The fourth-order valence-corrected chi connectivity index (χ4v) is 12.5. The number of halogens is 4. The van der Waals surface area contributed by atoms with Gasteiger partial charge in [-0.2, -0.15) is 18.2 Å². The van der Waals surface area contributed by atoms with Gasteiger partial charge in [0.15, 0.2) is 0 Å². The molecule has 4 saturated heterocycles. The Kier molecular flexibility index (Phi) is 15.2. The van der Waals surface area contributed by atoms with Crippen LogP contribution in [0.5, 0.6) is 5.75 Å². The maximum atomic E-state index is 14.3. The number of hydrogen-bond donors (Lipinski definition) is 3. The Morgan fingerprint density at radius 3 is 2.28 bits per heavy atom. The highest BCUT2D eigenvalue weighted by molar-refractivity contribution is 9.10. The largest absolute Gasteiger partial charge is 0.494 e. The summed E-state index contributed by atoms with van der Waals surface area (Å²) < 4.78 is 63.0. The molecule has 0 radical (unpaired) electrons. The Labute approximate surface area is 421 Å². The van der Waals surface area contributed by atoms with Gasteiger partial charge in [0.2, 0.25) is 17.8 Å². The number of piperazine rings is 1. The van der Waals surface area contributed by atoms with E-state index in [1.165, 1.54) is 23.4 Å². The van der Waals surface area contributed by atoms with Gasteiger partial charge in [-0.1, -0.05) is 13.0 Å². The molecule has 0 aliphatic carbocycles. The molecule has 0 spiro atoms. The quantitative estimate of drug-likeness (QED) is 0.0714. The van der Waals surface area contributed by atoms with Crippen molar-refractivity contribution in [3.8, 4) is 5.75 Å². The zero-order valence-corrected chi connectivity index (χ0v) is 43.2. The van der Waals surface area contributed by atoms with Crippen LogP contribution in [0.25, 0.3) is 11.0 Å². The lowest BCUT2D eigenvalue weighted by atomic mass is 9.86. The zero-order valence-electron chi connectivity index (χ0n) is 40.7. The van der Waals surface area contributed by atoms with Crippen LogP contribution in [0.1, 0.15) is 74.5 Å². The van der Waals surface area contributed by atoms with E-state index in [1.54, 1.807) is 45.1 Å². The van der Waals surface area contributed by atoms with Gasteiger partial charge in [0.1, 0.15) is 24.2 Å².